The Morgan fingerprint density at radius 2 is 1.79 bits per heavy atom. The molecule has 0 aliphatic heterocycles. The Labute approximate surface area is 110 Å². The van der Waals surface area contributed by atoms with E-state index in [2.05, 4.69) is 0 Å². The van der Waals surface area contributed by atoms with Crippen LogP contribution in [0.2, 0.25) is 0 Å². The van der Waals surface area contributed by atoms with Crippen LogP contribution in [0.4, 0.5) is 16.2 Å². The van der Waals surface area contributed by atoms with Gasteiger partial charge < -0.3 is 5.11 Å². The Bertz CT molecular complexity index is 466. The van der Waals surface area contributed by atoms with E-state index in [1.165, 1.54) is 29.2 Å². The lowest BCUT2D eigenvalue weighted by molar-refractivity contribution is -0.384. The number of carbonyl (C=O) groups is 1. The van der Waals surface area contributed by atoms with Crippen molar-refractivity contribution in [2.75, 3.05) is 4.90 Å². The van der Waals surface area contributed by atoms with Crippen molar-refractivity contribution < 1.29 is 14.8 Å². The molecule has 0 bridgehead atoms. The fourth-order valence-electron chi connectivity index (χ4n) is 2.55. The molecule has 0 unspecified atom stereocenters. The van der Waals surface area contributed by atoms with Crippen LogP contribution in [0.3, 0.4) is 0 Å². The minimum atomic E-state index is -0.999. The molecule has 1 amide bonds. The maximum atomic E-state index is 11.4. The Morgan fingerprint density at radius 1 is 1.21 bits per heavy atom. The number of hydrogen-bond acceptors (Lipinski definition) is 3. The summed E-state index contributed by atoms with van der Waals surface area (Å²) in [4.78, 5) is 22.8. The highest BCUT2D eigenvalue weighted by molar-refractivity contribution is 5.86. The van der Waals surface area contributed by atoms with E-state index in [0.29, 0.717) is 5.69 Å². The minimum Gasteiger partial charge on any atom is -0.465 e. The smallest absolute Gasteiger partial charge is 0.412 e. The predicted molar refractivity (Wildman–Crippen MR) is 70.5 cm³/mol. The van der Waals surface area contributed by atoms with Gasteiger partial charge in [0, 0.05) is 23.9 Å². The number of nitrogens with zero attached hydrogens (tertiary/aromatic N) is 2. The van der Waals surface area contributed by atoms with Crippen molar-refractivity contribution in [1.82, 2.24) is 0 Å². The first kappa shape index (κ1) is 13.3. The molecule has 6 nitrogen and oxygen atoms in total. The van der Waals surface area contributed by atoms with Gasteiger partial charge in [0.15, 0.2) is 0 Å². The van der Waals surface area contributed by atoms with Crippen LogP contribution in [0.1, 0.15) is 32.1 Å². The summed E-state index contributed by atoms with van der Waals surface area (Å²) in [5.74, 6) is 0. The van der Waals surface area contributed by atoms with Crippen molar-refractivity contribution in [3.63, 3.8) is 0 Å². The molecule has 0 radical (unpaired) electrons. The van der Waals surface area contributed by atoms with Crippen LogP contribution >= 0.6 is 0 Å². The van der Waals surface area contributed by atoms with Crippen molar-refractivity contribution in [3.8, 4) is 0 Å². The number of nitro benzene ring substituents is 1. The molecule has 1 fully saturated rings. The largest absolute Gasteiger partial charge is 0.465 e. The lowest BCUT2D eigenvalue weighted by Crippen LogP contribution is -2.40. The van der Waals surface area contributed by atoms with E-state index in [-0.39, 0.29) is 11.7 Å². The van der Waals surface area contributed by atoms with E-state index in [1.807, 2.05) is 0 Å². The second kappa shape index (κ2) is 5.69. The van der Waals surface area contributed by atoms with Gasteiger partial charge in [-0.05, 0) is 25.0 Å². The molecule has 102 valence electrons. The van der Waals surface area contributed by atoms with E-state index in [9.17, 15) is 20.0 Å². The predicted octanol–water partition coefficient (Wildman–Crippen LogP) is 3.41. The van der Waals surface area contributed by atoms with Crippen LogP contribution in [0.5, 0.6) is 0 Å². The third-order valence-electron chi connectivity index (χ3n) is 3.48. The molecule has 0 saturated heterocycles. The summed E-state index contributed by atoms with van der Waals surface area (Å²) in [5.41, 5.74) is 0.475. The fourth-order valence-corrected chi connectivity index (χ4v) is 2.55. The first-order chi connectivity index (χ1) is 9.09. The Hall–Kier alpha value is -2.11. The number of anilines is 1. The van der Waals surface area contributed by atoms with Gasteiger partial charge >= 0.3 is 6.09 Å². The summed E-state index contributed by atoms with van der Waals surface area (Å²) < 4.78 is 0. The molecule has 1 aromatic carbocycles. The topological polar surface area (TPSA) is 83.7 Å². The van der Waals surface area contributed by atoms with Gasteiger partial charge in [-0.15, -0.1) is 0 Å². The van der Waals surface area contributed by atoms with Gasteiger partial charge in [0.25, 0.3) is 5.69 Å². The fraction of sp³-hybridized carbons (Fsp3) is 0.462. The van der Waals surface area contributed by atoms with Gasteiger partial charge in [-0.1, -0.05) is 19.3 Å². The standard InChI is InChI=1S/C13H16N2O4/c16-13(17)14(10-4-2-1-3-5-10)11-6-8-12(9-7-11)15(18)19/h6-10H,1-5H2,(H,16,17). The SMILES string of the molecule is O=C(O)N(c1ccc([N+](=O)[O-])cc1)C1CCCCC1. The molecule has 0 spiro atoms. The van der Waals surface area contributed by atoms with Crippen molar-refractivity contribution >= 4 is 17.5 Å². The number of carboxylic acid groups (broad SMARTS) is 1. The van der Waals surface area contributed by atoms with Gasteiger partial charge in [0.1, 0.15) is 0 Å². The molecule has 2 rings (SSSR count). The van der Waals surface area contributed by atoms with Crippen LogP contribution in [0.25, 0.3) is 0 Å². The van der Waals surface area contributed by atoms with Crippen molar-refractivity contribution in [2.45, 2.75) is 38.1 Å². The molecular formula is C13H16N2O4. The van der Waals surface area contributed by atoms with Gasteiger partial charge in [-0.3, -0.25) is 15.0 Å². The molecule has 0 aromatic heterocycles. The van der Waals surface area contributed by atoms with Crippen molar-refractivity contribution in [1.29, 1.82) is 0 Å². The third-order valence-corrected chi connectivity index (χ3v) is 3.48. The van der Waals surface area contributed by atoms with Crippen LogP contribution in [0, 0.1) is 10.1 Å². The van der Waals surface area contributed by atoms with Gasteiger partial charge in [-0.25, -0.2) is 4.79 Å². The highest BCUT2D eigenvalue weighted by Gasteiger charge is 2.26. The molecule has 1 saturated carbocycles. The van der Waals surface area contributed by atoms with Crippen LogP contribution in [-0.2, 0) is 0 Å². The summed E-state index contributed by atoms with van der Waals surface area (Å²) in [6.45, 7) is 0. The van der Waals surface area contributed by atoms with E-state index >= 15 is 0 Å². The van der Waals surface area contributed by atoms with Gasteiger partial charge in [0.2, 0.25) is 0 Å². The zero-order valence-corrected chi connectivity index (χ0v) is 10.5. The molecule has 1 N–H and O–H groups in total. The van der Waals surface area contributed by atoms with E-state index in [4.69, 9.17) is 0 Å². The monoisotopic (exact) mass is 264 g/mol. The average Bonchev–Trinajstić information content (AvgIpc) is 2.40. The number of non-ortho nitro benzene ring substituents is 1. The van der Waals surface area contributed by atoms with Gasteiger partial charge in [0.05, 0.1) is 4.92 Å². The van der Waals surface area contributed by atoms with Crippen LogP contribution in [0.15, 0.2) is 24.3 Å². The van der Waals surface area contributed by atoms with E-state index in [1.54, 1.807) is 0 Å². The number of amides is 1. The van der Waals surface area contributed by atoms with E-state index < -0.39 is 11.0 Å². The van der Waals surface area contributed by atoms with Gasteiger partial charge in [-0.2, -0.15) is 0 Å². The maximum Gasteiger partial charge on any atom is 0.412 e. The first-order valence-electron chi connectivity index (χ1n) is 6.36. The number of hydrogen-bond donors (Lipinski definition) is 1. The molecular weight excluding hydrogens is 248 g/mol. The Balaban J connectivity index is 2.23. The Morgan fingerprint density at radius 3 is 2.26 bits per heavy atom. The molecule has 0 atom stereocenters. The quantitative estimate of drug-likeness (QED) is 0.669. The van der Waals surface area contributed by atoms with Crippen molar-refractivity contribution in [3.05, 3.63) is 34.4 Å². The zero-order chi connectivity index (χ0) is 13.8. The molecule has 1 aliphatic carbocycles. The second-order valence-electron chi connectivity index (χ2n) is 4.72. The number of benzene rings is 1. The Kier molecular flexibility index (Phi) is 3.99. The van der Waals surface area contributed by atoms with E-state index in [0.717, 1.165) is 32.1 Å². The summed E-state index contributed by atoms with van der Waals surface area (Å²) in [7, 11) is 0. The summed E-state index contributed by atoms with van der Waals surface area (Å²) in [5, 5.41) is 19.9. The lowest BCUT2D eigenvalue weighted by Gasteiger charge is -2.32. The highest BCUT2D eigenvalue weighted by atomic mass is 16.6. The molecule has 19 heavy (non-hydrogen) atoms. The molecule has 1 aliphatic rings. The maximum absolute atomic E-state index is 11.4. The second-order valence-corrected chi connectivity index (χ2v) is 4.72. The van der Waals surface area contributed by atoms with Crippen molar-refractivity contribution in [2.24, 2.45) is 0 Å². The van der Waals surface area contributed by atoms with Crippen LogP contribution < -0.4 is 4.90 Å². The number of nitro groups is 1. The summed E-state index contributed by atoms with van der Waals surface area (Å²) in [6.07, 6.45) is 3.90. The highest BCUT2D eigenvalue weighted by Crippen LogP contribution is 2.28. The lowest BCUT2D eigenvalue weighted by atomic mass is 9.94. The average molecular weight is 264 g/mol. The first-order valence-corrected chi connectivity index (χ1v) is 6.36. The molecule has 6 heteroatoms. The zero-order valence-electron chi connectivity index (χ0n) is 10.5. The summed E-state index contributed by atoms with van der Waals surface area (Å²) in [6, 6.07) is 5.66. The normalized spacial score (nSPS) is 16.0. The molecule has 0 heterocycles. The number of rotatable bonds is 3. The van der Waals surface area contributed by atoms with Crippen LogP contribution in [-0.4, -0.2) is 22.2 Å². The summed E-state index contributed by atoms with van der Waals surface area (Å²) >= 11 is 0. The minimum absolute atomic E-state index is 0.0206. The third kappa shape index (κ3) is 3.01. The molecule has 1 aromatic rings.